The number of imidazole rings is 1. The number of carbonyl (C=O) groups is 1. The Hall–Kier alpha value is -2.93. The number of halogens is 3. The molecule has 31 heavy (non-hydrogen) atoms. The highest BCUT2D eigenvalue weighted by molar-refractivity contribution is 5.91. The first-order valence-electron chi connectivity index (χ1n) is 10.4. The van der Waals surface area contributed by atoms with Crippen LogP contribution in [0.1, 0.15) is 31.4 Å². The van der Waals surface area contributed by atoms with Gasteiger partial charge in [-0.25, -0.2) is 18.2 Å². The fraction of sp³-hybridized carbons (Fsp3) is 0.333. The van der Waals surface area contributed by atoms with Crippen molar-refractivity contribution in [3.8, 4) is 11.4 Å². The summed E-state index contributed by atoms with van der Waals surface area (Å²) in [6.45, 7) is 2.31. The zero-order valence-electron chi connectivity index (χ0n) is 17.3. The molecule has 0 aliphatic carbocycles. The van der Waals surface area contributed by atoms with Gasteiger partial charge < -0.3 is 4.57 Å². The number of aromatic nitrogens is 2. The maximum absolute atomic E-state index is 14.6. The minimum absolute atomic E-state index is 0.0546. The van der Waals surface area contributed by atoms with Crippen LogP contribution in [-0.2, 0) is 4.79 Å². The standard InChI is InChI=1S/C24H24F3N3O/c1-16(31)10-11-17-5-2-6-18(13-17)24-28-23-20(25)8-3-9-21(23)30(24)19-7-4-12-29(14-19)15-22(26)27/h2-3,5-6,8-11,13,19,22H,4,7,12,14-15H2,1H3/b11-10+. The minimum Gasteiger partial charge on any atom is -0.319 e. The molecule has 1 fully saturated rings. The molecule has 0 N–H and O–H groups in total. The SMILES string of the molecule is CC(=O)/C=C/c1cccc(-c2nc3c(F)cccc3n2C2CCCN(CC(F)F)C2)c1. The van der Waals surface area contributed by atoms with Crippen LogP contribution in [0, 0.1) is 5.82 Å². The zero-order chi connectivity index (χ0) is 22.0. The van der Waals surface area contributed by atoms with Crippen molar-refractivity contribution < 1.29 is 18.0 Å². The highest BCUT2D eigenvalue weighted by Gasteiger charge is 2.27. The van der Waals surface area contributed by atoms with Crippen LogP contribution in [0.2, 0.25) is 0 Å². The highest BCUT2D eigenvalue weighted by atomic mass is 19.3. The van der Waals surface area contributed by atoms with E-state index in [9.17, 15) is 18.0 Å². The molecule has 0 saturated carbocycles. The van der Waals surface area contributed by atoms with E-state index in [4.69, 9.17) is 0 Å². The van der Waals surface area contributed by atoms with Crippen LogP contribution >= 0.6 is 0 Å². The van der Waals surface area contributed by atoms with E-state index >= 15 is 0 Å². The molecule has 1 aliphatic rings. The first kappa shape index (κ1) is 21.3. The van der Waals surface area contributed by atoms with Gasteiger partial charge in [0.05, 0.1) is 12.1 Å². The molecule has 0 spiro atoms. The van der Waals surface area contributed by atoms with Crippen molar-refractivity contribution in [2.24, 2.45) is 0 Å². The van der Waals surface area contributed by atoms with E-state index in [1.165, 1.54) is 19.1 Å². The number of nitrogens with zero attached hydrogens (tertiary/aromatic N) is 3. The van der Waals surface area contributed by atoms with Crippen LogP contribution in [0.5, 0.6) is 0 Å². The first-order valence-corrected chi connectivity index (χ1v) is 10.4. The number of hydrogen-bond acceptors (Lipinski definition) is 3. The van der Waals surface area contributed by atoms with E-state index in [1.54, 1.807) is 17.0 Å². The summed E-state index contributed by atoms with van der Waals surface area (Å²) in [4.78, 5) is 17.7. The lowest BCUT2D eigenvalue weighted by Crippen LogP contribution is -2.39. The number of fused-ring (bicyclic) bond motifs is 1. The molecule has 0 amide bonds. The van der Waals surface area contributed by atoms with Crippen LogP contribution in [0.15, 0.2) is 48.5 Å². The number of rotatable bonds is 6. The number of piperidine rings is 1. The molecule has 1 aromatic heterocycles. The number of likely N-dealkylation sites (tertiary alicyclic amines) is 1. The van der Waals surface area contributed by atoms with E-state index in [0.717, 1.165) is 24.0 Å². The van der Waals surface area contributed by atoms with Gasteiger partial charge in [0.2, 0.25) is 0 Å². The molecule has 0 radical (unpaired) electrons. The summed E-state index contributed by atoms with van der Waals surface area (Å²) in [5, 5.41) is 0. The van der Waals surface area contributed by atoms with Crippen molar-refractivity contribution in [1.82, 2.24) is 14.5 Å². The van der Waals surface area contributed by atoms with E-state index < -0.39 is 12.2 Å². The second-order valence-corrected chi connectivity index (χ2v) is 7.93. The molecule has 162 valence electrons. The van der Waals surface area contributed by atoms with Crippen LogP contribution in [0.3, 0.4) is 0 Å². The monoisotopic (exact) mass is 427 g/mol. The van der Waals surface area contributed by atoms with Crippen LogP contribution in [0.25, 0.3) is 28.5 Å². The smallest absolute Gasteiger partial charge is 0.251 e. The predicted octanol–water partition coefficient (Wildman–Crippen LogP) is 5.35. The summed E-state index contributed by atoms with van der Waals surface area (Å²) in [5.74, 6) is 0.133. The summed E-state index contributed by atoms with van der Waals surface area (Å²) in [7, 11) is 0. The van der Waals surface area contributed by atoms with Crippen molar-refractivity contribution >= 4 is 22.9 Å². The Kier molecular flexibility index (Phi) is 6.23. The number of alkyl halides is 2. The van der Waals surface area contributed by atoms with Gasteiger partial charge >= 0.3 is 0 Å². The van der Waals surface area contributed by atoms with Gasteiger partial charge in [-0.05, 0) is 56.1 Å². The highest BCUT2D eigenvalue weighted by Crippen LogP contribution is 2.34. The lowest BCUT2D eigenvalue weighted by molar-refractivity contribution is -0.112. The lowest BCUT2D eigenvalue weighted by Gasteiger charge is -2.34. The van der Waals surface area contributed by atoms with Gasteiger partial charge in [-0.3, -0.25) is 9.69 Å². The van der Waals surface area contributed by atoms with E-state index in [0.29, 0.717) is 24.4 Å². The van der Waals surface area contributed by atoms with Crippen molar-refractivity contribution in [3.05, 3.63) is 59.9 Å². The average molecular weight is 427 g/mol. The van der Waals surface area contributed by atoms with Gasteiger partial charge in [-0.15, -0.1) is 0 Å². The maximum Gasteiger partial charge on any atom is 0.251 e. The number of benzene rings is 2. The van der Waals surface area contributed by atoms with Gasteiger partial charge in [0.25, 0.3) is 6.43 Å². The number of carbonyl (C=O) groups excluding carboxylic acids is 1. The van der Waals surface area contributed by atoms with Crippen LogP contribution in [0.4, 0.5) is 13.2 Å². The Morgan fingerprint density at radius 1 is 1.26 bits per heavy atom. The van der Waals surface area contributed by atoms with Gasteiger partial charge in [-0.1, -0.05) is 30.3 Å². The second-order valence-electron chi connectivity index (χ2n) is 7.93. The molecule has 1 aliphatic heterocycles. The largest absolute Gasteiger partial charge is 0.319 e. The zero-order valence-corrected chi connectivity index (χ0v) is 17.3. The Balaban J connectivity index is 1.80. The maximum atomic E-state index is 14.6. The van der Waals surface area contributed by atoms with Crippen molar-refractivity contribution in [3.63, 3.8) is 0 Å². The number of ketones is 1. The van der Waals surface area contributed by atoms with Gasteiger partial charge in [0, 0.05) is 18.2 Å². The second kappa shape index (κ2) is 9.06. The third kappa shape index (κ3) is 4.71. The molecule has 2 heterocycles. The molecule has 1 unspecified atom stereocenters. The quantitative estimate of drug-likeness (QED) is 0.498. The van der Waals surface area contributed by atoms with Crippen molar-refractivity contribution in [1.29, 1.82) is 0 Å². The summed E-state index contributed by atoms with van der Waals surface area (Å²) in [6, 6.07) is 12.3. The fourth-order valence-electron chi connectivity index (χ4n) is 4.25. The van der Waals surface area contributed by atoms with E-state index in [2.05, 4.69) is 4.98 Å². The Morgan fingerprint density at radius 2 is 2.06 bits per heavy atom. The normalized spacial score (nSPS) is 17.8. The molecule has 2 aromatic carbocycles. The summed E-state index contributed by atoms with van der Waals surface area (Å²) in [5.41, 5.74) is 2.54. The van der Waals surface area contributed by atoms with Crippen molar-refractivity contribution in [2.45, 2.75) is 32.2 Å². The topological polar surface area (TPSA) is 38.1 Å². The molecule has 3 aromatic rings. The van der Waals surface area contributed by atoms with Gasteiger partial charge in [-0.2, -0.15) is 0 Å². The summed E-state index contributed by atoms with van der Waals surface area (Å²) >= 11 is 0. The Bertz CT molecular complexity index is 1120. The van der Waals surface area contributed by atoms with Crippen LogP contribution < -0.4 is 0 Å². The van der Waals surface area contributed by atoms with E-state index in [1.807, 2.05) is 34.9 Å². The summed E-state index contributed by atoms with van der Waals surface area (Å²) < 4.78 is 42.5. The third-order valence-corrected chi connectivity index (χ3v) is 5.57. The average Bonchev–Trinajstić information content (AvgIpc) is 3.13. The molecular weight excluding hydrogens is 403 g/mol. The minimum atomic E-state index is -2.39. The lowest BCUT2D eigenvalue weighted by atomic mass is 10.0. The van der Waals surface area contributed by atoms with E-state index in [-0.39, 0.29) is 23.9 Å². The molecule has 1 atom stereocenters. The van der Waals surface area contributed by atoms with Gasteiger partial charge in [0.1, 0.15) is 11.3 Å². The number of allylic oxidation sites excluding steroid dienone is 1. The molecule has 4 nitrogen and oxygen atoms in total. The summed E-state index contributed by atoms with van der Waals surface area (Å²) in [6.07, 6.45) is 2.42. The first-order chi connectivity index (χ1) is 14.9. The molecular formula is C24H24F3N3O. The number of hydrogen-bond donors (Lipinski definition) is 0. The van der Waals surface area contributed by atoms with Crippen molar-refractivity contribution in [2.75, 3.05) is 19.6 Å². The Morgan fingerprint density at radius 3 is 2.84 bits per heavy atom. The molecule has 1 saturated heterocycles. The van der Waals surface area contributed by atoms with Crippen LogP contribution in [-0.4, -0.2) is 46.3 Å². The van der Waals surface area contributed by atoms with Gasteiger partial charge in [0.15, 0.2) is 11.6 Å². The molecule has 0 bridgehead atoms. The third-order valence-electron chi connectivity index (χ3n) is 5.57. The predicted molar refractivity (Wildman–Crippen MR) is 116 cm³/mol. The number of para-hydroxylation sites is 1. The Labute approximate surface area is 179 Å². The molecule has 4 rings (SSSR count). The molecule has 7 heteroatoms. The fourth-order valence-corrected chi connectivity index (χ4v) is 4.25.